The van der Waals surface area contributed by atoms with E-state index < -0.39 is 5.91 Å². The van der Waals surface area contributed by atoms with Crippen molar-refractivity contribution in [1.82, 2.24) is 20.3 Å². The van der Waals surface area contributed by atoms with Crippen molar-refractivity contribution >= 4 is 23.3 Å². The summed E-state index contributed by atoms with van der Waals surface area (Å²) in [5.41, 5.74) is 8.70. The van der Waals surface area contributed by atoms with Crippen LogP contribution in [0.1, 0.15) is 28.5 Å². The number of para-hydroxylation sites is 1. The van der Waals surface area contributed by atoms with Crippen molar-refractivity contribution in [2.45, 2.75) is 26.4 Å². The topological polar surface area (TPSA) is 115 Å². The van der Waals surface area contributed by atoms with Crippen LogP contribution in [0.2, 0.25) is 0 Å². The molecular weight excluding hydrogens is 356 g/mol. The number of amides is 2. The summed E-state index contributed by atoms with van der Waals surface area (Å²) in [7, 11) is 0. The molecule has 3 aromatic rings. The normalized spacial score (nSPS) is 10.5. The molecule has 0 aliphatic rings. The Balaban J connectivity index is 1.62. The highest BCUT2D eigenvalue weighted by molar-refractivity contribution is 5.97. The van der Waals surface area contributed by atoms with E-state index in [-0.39, 0.29) is 24.0 Å². The molecular formula is C20H22N6O2. The van der Waals surface area contributed by atoms with Gasteiger partial charge in [0.05, 0.1) is 0 Å². The Bertz CT molecular complexity index is 968. The molecule has 0 aliphatic carbocycles. The monoisotopic (exact) mass is 378 g/mol. The van der Waals surface area contributed by atoms with Gasteiger partial charge in [-0.05, 0) is 23.6 Å². The van der Waals surface area contributed by atoms with Gasteiger partial charge in [0.1, 0.15) is 6.54 Å². The first kappa shape index (κ1) is 19.1. The zero-order valence-electron chi connectivity index (χ0n) is 15.6. The van der Waals surface area contributed by atoms with Crippen LogP contribution in [-0.2, 0) is 24.3 Å². The molecule has 8 nitrogen and oxygen atoms in total. The highest BCUT2D eigenvalue weighted by atomic mass is 16.2. The van der Waals surface area contributed by atoms with Crippen molar-refractivity contribution in [1.29, 1.82) is 0 Å². The Labute approximate surface area is 162 Å². The maximum atomic E-state index is 12.3. The summed E-state index contributed by atoms with van der Waals surface area (Å²) in [5, 5.41) is 13.2. The first-order valence-corrected chi connectivity index (χ1v) is 8.97. The second-order valence-corrected chi connectivity index (χ2v) is 6.21. The predicted molar refractivity (Wildman–Crippen MR) is 106 cm³/mol. The van der Waals surface area contributed by atoms with Crippen LogP contribution in [-0.4, -0.2) is 26.8 Å². The van der Waals surface area contributed by atoms with Gasteiger partial charge in [0.2, 0.25) is 5.91 Å². The molecule has 0 spiro atoms. The van der Waals surface area contributed by atoms with E-state index in [1.54, 1.807) is 0 Å². The van der Waals surface area contributed by atoms with E-state index in [9.17, 15) is 9.59 Å². The Morgan fingerprint density at radius 1 is 1.07 bits per heavy atom. The molecule has 0 atom stereocenters. The molecule has 3 rings (SSSR count). The predicted octanol–water partition coefficient (Wildman–Crippen LogP) is 1.99. The molecule has 144 valence electrons. The number of aromatic nitrogens is 3. The Morgan fingerprint density at radius 2 is 1.79 bits per heavy atom. The lowest BCUT2D eigenvalue weighted by atomic mass is 10.1. The molecule has 0 unspecified atom stereocenters. The summed E-state index contributed by atoms with van der Waals surface area (Å²) in [6.07, 6.45) is 0.799. The standard InChI is InChI=1S/C20H22N6O2/c1-2-15-10-6-7-11-16(15)23-17(27)13-26-19(21)18(24-25-26)20(28)22-12-14-8-4-3-5-9-14/h3-11H,2,12-13,21H2,1H3,(H,22,28)(H,23,27). The fraction of sp³-hybridized carbons (Fsp3) is 0.200. The van der Waals surface area contributed by atoms with Crippen molar-refractivity contribution in [3.63, 3.8) is 0 Å². The third-order valence-corrected chi connectivity index (χ3v) is 4.25. The number of benzene rings is 2. The summed E-state index contributed by atoms with van der Waals surface area (Å²) in [5.74, 6) is -0.692. The minimum Gasteiger partial charge on any atom is -0.382 e. The van der Waals surface area contributed by atoms with Crippen molar-refractivity contribution in [2.24, 2.45) is 0 Å². The number of nitrogens with zero attached hydrogens (tertiary/aromatic N) is 3. The number of anilines is 2. The maximum absolute atomic E-state index is 12.3. The van der Waals surface area contributed by atoms with Gasteiger partial charge in [-0.25, -0.2) is 4.68 Å². The first-order valence-electron chi connectivity index (χ1n) is 8.97. The smallest absolute Gasteiger partial charge is 0.275 e. The molecule has 1 aromatic heterocycles. The molecule has 0 saturated carbocycles. The number of hydrogen-bond acceptors (Lipinski definition) is 5. The number of hydrogen-bond donors (Lipinski definition) is 3. The Hall–Kier alpha value is -3.68. The largest absolute Gasteiger partial charge is 0.382 e. The average molecular weight is 378 g/mol. The van der Waals surface area contributed by atoms with Crippen molar-refractivity contribution < 1.29 is 9.59 Å². The number of carbonyl (C=O) groups is 2. The Morgan fingerprint density at radius 3 is 2.54 bits per heavy atom. The van der Waals surface area contributed by atoms with Gasteiger partial charge >= 0.3 is 0 Å². The molecule has 8 heteroatoms. The molecule has 0 bridgehead atoms. The molecule has 28 heavy (non-hydrogen) atoms. The van der Waals surface area contributed by atoms with E-state index in [0.717, 1.165) is 23.2 Å². The molecule has 0 radical (unpaired) electrons. The highest BCUT2D eigenvalue weighted by Gasteiger charge is 2.19. The third kappa shape index (κ3) is 4.53. The number of nitrogen functional groups attached to an aromatic ring is 1. The van der Waals surface area contributed by atoms with E-state index >= 15 is 0 Å². The zero-order valence-corrected chi connectivity index (χ0v) is 15.6. The Kier molecular flexibility index (Phi) is 6.01. The number of carbonyl (C=O) groups excluding carboxylic acids is 2. The first-order chi connectivity index (χ1) is 13.6. The SMILES string of the molecule is CCc1ccccc1NC(=O)Cn1nnc(C(=O)NCc2ccccc2)c1N. The van der Waals surface area contributed by atoms with Crippen LogP contribution in [0.5, 0.6) is 0 Å². The van der Waals surface area contributed by atoms with E-state index in [0.29, 0.717) is 6.54 Å². The lowest BCUT2D eigenvalue weighted by molar-refractivity contribution is -0.116. The fourth-order valence-electron chi connectivity index (χ4n) is 2.74. The number of rotatable bonds is 7. The lowest BCUT2D eigenvalue weighted by Crippen LogP contribution is -2.25. The van der Waals surface area contributed by atoms with Crippen LogP contribution < -0.4 is 16.4 Å². The summed E-state index contributed by atoms with van der Waals surface area (Å²) in [6.45, 7) is 2.23. The quantitative estimate of drug-likeness (QED) is 0.582. The van der Waals surface area contributed by atoms with E-state index in [4.69, 9.17) is 5.73 Å². The van der Waals surface area contributed by atoms with E-state index in [2.05, 4.69) is 20.9 Å². The van der Waals surface area contributed by atoms with E-state index in [1.165, 1.54) is 4.68 Å². The summed E-state index contributed by atoms with van der Waals surface area (Å²) in [6, 6.07) is 17.1. The van der Waals surface area contributed by atoms with E-state index in [1.807, 2.05) is 61.5 Å². The lowest BCUT2D eigenvalue weighted by Gasteiger charge is -2.10. The van der Waals surface area contributed by atoms with Crippen molar-refractivity contribution in [3.8, 4) is 0 Å². The summed E-state index contributed by atoms with van der Waals surface area (Å²) >= 11 is 0. The second kappa shape index (κ2) is 8.81. The molecule has 1 heterocycles. The number of nitrogens with two attached hydrogens (primary N) is 1. The highest BCUT2D eigenvalue weighted by Crippen LogP contribution is 2.16. The number of nitrogens with one attached hydrogen (secondary N) is 2. The van der Waals surface area contributed by atoms with Gasteiger partial charge < -0.3 is 16.4 Å². The minimum absolute atomic E-state index is 0.00214. The number of aryl methyl sites for hydroxylation is 1. The molecule has 2 amide bonds. The van der Waals surface area contributed by atoms with Gasteiger partial charge in [0.15, 0.2) is 11.5 Å². The van der Waals surface area contributed by atoms with Crippen LogP contribution in [0.3, 0.4) is 0 Å². The summed E-state index contributed by atoms with van der Waals surface area (Å²) < 4.78 is 1.21. The third-order valence-electron chi connectivity index (χ3n) is 4.25. The summed E-state index contributed by atoms with van der Waals surface area (Å²) in [4.78, 5) is 24.6. The molecule has 0 aliphatic heterocycles. The van der Waals surface area contributed by atoms with Crippen molar-refractivity contribution in [2.75, 3.05) is 11.1 Å². The molecule has 0 saturated heterocycles. The van der Waals surface area contributed by atoms with Gasteiger partial charge in [-0.2, -0.15) is 0 Å². The van der Waals surface area contributed by atoms with Gasteiger partial charge in [0, 0.05) is 12.2 Å². The van der Waals surface area contributed by atoms with Crippen molar-refractivity contribution in [3.05, 3.63) is 71.4 Å². The van der Waals surface area contributed by atoms with Crippen LogP contribution >= 0.6 is 0 Å². The zero-order chi connectivity index (χ0) is 19.9. The maximum Gasteiger partial charge on any atom is 0.275 e. The van der Waals surface area contributed by atoms with Gasteiger partial charge in [-0.3, -0.25) is 9.59 Å². The molecule has 2 aromatic carbocycles. The van der Waals surface area contributed by atoms with Crippen LogP contribution in [0.25, 0.3) is 0 Å². The van der Waals surface area contributed by atoms with Crippen LogP contribution in [0, 0.1) is 0 Å². The van der Waals surface area contributed by atoms with Gasteiger partial charge in [-0.15, -0.1) is 5.10 Å². The average Bonchev–Trinajstić information content (AvgIpc) is 3.07. The molecule has 4 N–H and O–H groups in total. The van der Waals surface area contributed by atoms with Gasteiger partial charge in [-0.1, -0.05) is 60.7 Å². The molecule has 0 fully saturated rings. The van der Waals surface area contributed by atoms with Gasteiger partial charge in [0.25, 0.3) is 5.91 Å². The van der Waals surface area contributed by atoms with Crippen LogP contribution in [0.15, 0.2) is 54.6 Å². The second-order valence-electron chi connectivity index (χ2n) is 6.21. The van der Waals surface area contributed by atoms with Crippen LogP contribution in [0.4, 0.5) is 11.5 Å². The minimum atomic E-state index is -0.440. The fourth-order valence-corrected chi connectivity index (χ4v) is 2.74.